The van der Waals surface area contributed by atoms with E-state index in [9.17, 15) is 10.2 Å². The van der Waals surface area contributed by atoms with Crippen LogP contribution in [0.4, 0.5) is 0 Å². The summed E-state index contributed by atoms with van der Waals surface area (Å²) in [5.74, 6) is 0.237. The molecule has 1 heterocycles. The van der Waals surface area contributed by atoms with Gasteiger partial charge in [0, 0.05) is 12.1 Å². The van der Waals surface area contributed by atoms with Crippen LogP contribution in [-0.4, -0.2) is 10.2 Å². The molecule has 0 fully saturated rings. The molecule has 0 aliphatic carbocycles. The molecule has 0 aliphatic rings. The molecule has 1 aromatic carbocycles. The average Bonchev–Trinajstić information content (AvgIpc) is 2.29. The molecule has 96 valence electrons. The Kier molecular flexibility index (Phi) is 3.16. The third kappa shape index (κ3) is 1.90. The molecule has 18 heavy (non-hydrogen) atoms. The normalized spacial score (nSPS) is 11.7. The van der Waals surface area contributed by atoms with E-state index in [-0.39, 0.29) is 17.7 Å². The molecule has 1 aromatic heterocycles. The fourth-order valence-electron chi connectivity index (χ4n) is 2.40. The molecule has 2 aromatic rings. The molecule has 2 rings (SSSR count). The highest BCUT2D eigenvalue weighted by molar-refractivity contribution is 5.82. The SMILES string of the molecule is CC(C)c1cccc2c1cc(O)c(O)[n+]2C(C)C. The topological polar surface area (TPSA) is 44.3 Å². The number of aromatic nitrogens is 1. The van der Waals surface area contributed by atoms with Crippen molar-refractivity contribution >= 4 is 10.9 Å². The highest BCUT2D eigenvalue weighted by Gasteiger charge is 2.24. The lowest BCUT2D eigenvalue weighted by Gasteiger charge is -2.12. The minimum absolute atomic E-state index is 0.0655. The number of pyridine rings is 1. The largest absolute Gasteiger partial charge is 0.500 e. The van der Waals surface area contributed by atoms with Gasteiger partial charge in [0.1, 0.15) is 0 Å². The van der Waals surface area contributed by atoms with Crippen LogP contribution in [-0.2, 0) is 0 Å². The van der Waals surface area contributed by atoms with Gasteiger partial charge in [0.2, 0.25) is 11.3 Å². The van der Waals surface area contributed by atoms with E-state index in [0.717, 1.165) is 10.9 Å². The number of nitrogens with zero attached hydrogens (tertiary/aromatic N) is 1. The first-order valence-corrected chi connectivity index (χ1v) is 6.32. The maximum Gasteiger partial charge on any atom is 0.409 e. The summed E-state index contributed by atoms with van der Waals surface area (Å²) in [6.07, 6.45) is 0. The van der Waals surface area contributed by atoms with Gasteiger partial charge in [-0.05, 0) is 25.3 Å². The average molecular weight is 246 g/mol. The maximum absolute atomic E-state index is 10.0. The van der Waals surface area contributed by atoms with Crippen molar-refractivity contribution in [3.63, 3.8) is 0 Å². The molecule has 0 bridgehead atoms. The van der Waals surface area contributed by atoms with Crippen LogP contribution in [0.1, 0.15) is 45.2 Å². The van der Waals surface area contributed by atoms with E-state index in [4.69, 9.17) is 0 Å². The minimum Gasteiger partial charge on any atom is -0.500 e. The summed E-state index contributed by atoms with van der Waals surface area (Å²) in [4.78, 5) is 0. The van der Waals surface area contributed by atoms with Crippen molar-refractivity contribution in [2.24, 2.45) is 0 Å². The minimum atomic E-state index is -0.0709. The third-order valence-electron chi connectivity index (χ3n) is 3.25. The second-order valence-electron chi connectivity index (χ2n) is 5.25. The van der Waals surface area contributed by atoms with Crippen molar-refractivity contribution in [3.8, 4) is 11.6 Å². The van der Waals surface area contributed by atoms with E-state index in [1.807, 2.05) is 26.0 Å². The zero-order valence-corrected chi connectivity index (χ0v) is 11.3. The molecule has 0 unspecified atom stereocenters. The predicted octanol–water partition coefficient (Wildman–Crippen LogP) is 3.24. The number of benzene rings is 1. The molecule has 3 heteroatoms. The van der Waals surface area contributed by atoms with Crippen molar-refractivity contribution in [2.45, 2.75) is 39.7 Å². The van der Waals surface area contributed by atoms with Crippen LogP contribution in [0.3, 0.4) is 0 Å². The summed E-state index contributed by atoms with van der Waals surface area (Å²) < 4.78 is 1.76. The molecule has 0 atom stereocenters. The fourth-order valence-corrected chi connectivity index (χ4v) is 2.40. The van der Waals surface area contributed by atoms with Crippen LogP contribution in [0.2, 0.25) is 0 Å². The summed E-state index contributed by atoms with van der Waals surface area (Å²) >= 11 is 0. The first-order chi connectivity index (χ1) is 8.43. The van der Waals surface area contributed by atoms with E-state index in [0.29, 0.717) is 5.92 Å². The summed E-state index contributed by atoms with van der Waals surface area (Å²) in [6, 6.07) is 7.77. The van der Waals surface area contributed by atoms with Gasteiger partial charge in [0.05, 0.1) is 5.39 Å². The summed E-state index contributed by atoms with van der Waals surface area (Å²) in [5, 5.41) is 20.9. The van der Waals surface area contributed by atoms with Crippen LogP contribution < -0.4 is 4.57 Å². The van der Waals surface area contributed by atoms with E-state index in [2.05, 4.69) is 19.9 Å². The fraction of sp³-hybridized carbons (Fsp3) is 0.400. The Labute approximate surface area is 107 Å². The van der Waals surface area contributed by atoms with Crippen molar-refractivity contribution < 1.29 is 14.8 Å². The van der Waals surface area contributed by atoms with Gasteiger partial charge in [-0.15, -0.1) is 0 Å². The quantitative estimate of drug-likeness (QED) is 0.799. The number of fused-ring (bicyclic) bond motifs is 1. The Morgan fingerprint density at radius 1 is 1.06 bits per heavy atom. The van der Waals surface area contributed by atoms with Crippen LogP contribution in [0, 0.1) is 0 Å². The van der Waals surface area contributed by atoms with Gasteiger partial charge in [-0.1, -0.05) is 26.0 Å². The number of aromatic hydroxyl groups is 2. The molecule has 0 radical (unpaired) electrons. The van der Waals surface area contributed by atoms with Crippen LogP contribution in [0.15, 0.2) is 24.3 Å². The highest BCUT2D eigenvalue weighted by Crippen LogP contribution is 2.31. The van der Waals surface area contributed by atoms with Crippen molar-refractivity contribution in [3.05, 3.63) is 29.8 Å². The summed E-state index contributed by atoms with van der Waals surface area (Å²) in [6.45, 7) is 8.22. The maximum atomic E-state index is 10.0. The Morgan fingerprint density at radius 3 is 2.28 bits per heavy atom. The monoisotopic (exact) mass is 246 g/mol. The molecular weight excluding hydrogens is 226 g/mol. The lowest BCUT2D eigenvalue weighted by Crippen LogP contribution is -2.37. The van der Waals surface area contributed by atoms with E-state index < -0.39 is 0 Å². The van der Waals surface area contributed by atoms with Gasteiger partial charge >= 0.3 is 5.88 Å². The summed E-state index contributed by atoms with van der Waals surface area (Å²) in [5.41, 5.74) is 2.13. The lowest BCUT2D eigenvalue weighted by atomic mass is 9.97. The van der Waals surface area contributed by atoms with Crippen molar-refractivity contribution in [1.82, 2.24) is 0 Å². The Morgan fingerprint density at radius 2 is 1.72 bits per heavy atom. The summed E-state index contributed by atoms with van der Waals surface area (Å²) in [7, 11) is 0. The van der Waals surface area contributed by atoms with Gasteiger partial charge in [-0.25, -0.2) is 0 Å². The smallest absolute Gasteiger partial charge is 0.409 e. The van der Waals surface area contributed by atoms with Crippen molar-refractivity contribution in [2.75, 3.05) is 0 Å². The first kappa shape index (κ1) is 12.7. The first-order valence-electron chi connectivity index (χ1n) is 6.32. The van der Waals surface area contributed by atoms with Gasteiger partial charge in [-0.3, -0.25) is 0 Å². The predicted molar refractivity (Wildman–Crippen MR) is 71.9 cm³/mol. The van der Waals surface area contributed by atoms with Crippen LogP contribution in [0.25, 0.3) is 10.9 Å². The van der Waals surface area contributed by atoms with E-state index >= 15 is 0 Å². The highest BCUT2D eigenvalue weighted by atomic mass is 16.3. The van der Waals surface area contributed by atoms with Crippen LogP contribution in [0.5, 0.6) is 11.6 Å². The second kappa shape index (κ2) is 4.48. The molecule has 0 amide bonds. The molecule has 0 saturated carbocycles. The molecule has 3 nitrogen and oxygen atoms in total. The van der Waals surface area contributed by atoms with Gasteiger partial charge < -0.3 is 10.2 Å². The lowest BCUT2D eigenvalue weighted by molar-refractivity contribution is -0.697. The Bertz CT molecular complexity index is 589. The van der Waals surface area contributed by atoms with E-state index in [1.165, 1.54) is 5.56 Å². The molecule has 2 N–H and O–H groups in total. The van der Waals surface area contributed by atoms with Gasteiger partial charge in [0.25, 0.3) is 0 Å². The standard InChI is InChI=1S/C15H19NO2/c1-9(2)11-6-5-7-13-12(11)8-14(17)15(18)16(13)10(3)4/h5-10,17H,1-4H3/p+1. The van der Waals surface area contributed by atoms with Crippen LogP contribution >= 0.6 is 0 Å². The number of hydrogen-bond acceptors (Lipinski definition) is 2. The zero-order chi connectivity index (χ0) is 13.4. The van der Waals surface area contributed by atoms with Gasteiger partial charge in [-0.2, -0.15) is 4.57 Å². The molecule has 0 saturated heterocycles. The molecule has 0 aliphatic heterocycles. The van der Waals surface area contributed by atoms with E-state index in [1.54, 1.807) is 10.6 Å². The molecular formula is C15H20NO2+. The number of hydrogen-bond donors (Lipinski definition) is 2. The zero-order valence-electron chi connectivity index (χ0n) is 11.3. The third-order valence-corrected chi connectivity index (χ3v) is 3.25. The van der Waals surface area contributed by atoms with Crippen molar-refractivity contribution in [1.29, 1.82) is 0 Å². The molecule has 0 spiro atoms. The van der Waals surface area contributed by atoms with Gasteiger partial charge in [0.15, 0.2) is 6.04 Å². The second-order valence-corrected chi connectivity index (χ2v) is 5.25. The number of rotatable bonds is 2. The Hall–Kier alpha value is -1.77. The Balaban J connectivity index is 2.91.